The number of anilines is 1. The zero-order valence-electron chi connectivity index (χ0n) is 38.6. The first-order chi connectivity index (χ1) is 32.6. The smallest absolute Gasteiger partial charge is 0.308 e. The Kier molecular flexibility index (Phi) is 13.6. The number of allylic oxidation sites excluding steroid dienone is 1. The number of amides is 1. The standard InChI is InChI=1S/C51H57ClN6O9S/c1-51(2)16-14-37(44(28-51)34-8-10-38(52)11-9-34)30-56-18-20-57(21-19-56)39-12-13-42(47(25-39)67-40-24-36-15-17-53-48(36)54-29-40)49(59)55-68(63,64)41-26-45(58(61)62)43-23-33(31-66-46(43)27-41)22-32-4-6-35(7-5-32)50(60)65-3/h8-13,15,17,24-27,29,32-33,35H,4-7,14,16,18-23,28,30-31H2,1-3H3,(H,53,54)(H,55,59)/t32?,33-,35?/m0/s1. The predicted octanol–water partition coefficient (Wildman–Crippen LogP) is 9.74. The van der Waals surface area contributed by atoms with Crippen LogP contribution in [0.5, 0.6) is 17.2 Å². The van der Waals surface area contributed by atoms with Crippen LogP contribution in [0.4, 0.5) is 11.4 Å². The molecule has 9 rings (SSSR count). The Balaban J connectivity index is 0.916. The molecular formula is C51H57ClN6O9S. The fourth-order valence-electron chi connectivity index (χ4n) is 10.5. The van der Waals surface area contributed by atoms with Gasteiger partial charge in [0.2, 0.25) is 0 Å². The van der Waals surface area contributed by atoms with E-state index < -0.39 is 31.4 Å². The molecule has 358 valence electrons. The van der Waals surface area contributed by atoms with Crippen LogP contribution in [0.25, 0.3) is 16.6 Å². The number of carbonyl (C=O) groups is 2. The summed E-state index contributed by atoms with van der Waals surface area (Å²) in [5, 5.41) is 14.0. The second kappa shape index (κ2) is 19.6. The zero-order chi connectivity index (χ0) is 47.7. The Morgan fingerprint density at radius 2 is 1.76 bits per heavy atom. The van der Waals surface area contributed by atoms with Gasteiger partial charge in [0.25, 0.3) is 21.6 Å². The lowest BCUT2D eigenvalue weighted by Gasteiger charge is -2.39. The molecule has 2 aliphatic heterocycles. The normalized spacial score (nSPS) is 20.9. The summed E-state index contributed by atoms with van der Waals surface area (Å²) in [6.45, 7) is 8.83. The molecule has 1 saturated carbocycles. The van der Waals surface area contributed by atoms with Crippen molar-refractivity contribution in [2.75, 3.05) is 51.3 Å². The molecule has 2 aliphatic carbocycles. The maximum atomic E-state index is 14.1. The fourth-order valence-corrected chi connectivity index (χ4v) is 11.6. The lowest BCUT2D eigenvalue weighted by Crippen LogP contribution is -2.47. The molecule has 5 aromatic rings. The van der Waals surface area contributed by atoms with E-state index in [0.717, 1.165) is 93.2 Å². The highest BCUT2D eigenvalue weighted by Gasteiger charge is 2.35. The van der Waals surface area contributed by atoms with Gasteiger partial charge >= 0.3 is 5.97 Å². The molecule has 2 fully saturated rings. The number of carbonyl (C=O) groups excluding carboxylic acids is 2. The van der Waals surface area contributed by atoms with Crippen LogP contribution in [0.2, 0.25) is 5.02 Å². The molecule has 0 spiro atoms. The number of halogens is 1. The summed E-state index contributed by atoms with van der Waals surface area (Å²) < 4.78 is 47.5. The topological polar surface area (TPSA) is 186 Å². The summed E-state index contributed by atoms with van der Waals surface area (Å²) in [5.41, 5.74) is 5.62. The minimum absolute atomic E-state index is 0.0255. The van der Waals surface area contributed by atoms with Gasteiger partial charge in [-0.3, -0.25) is 24.6 Å². The Morgan fingerprint density at radius 1 is 1.00 bits per heavy atom. The maximum absolute atomic E-state index is 14.1. The van der Waals surface area contributed by atoms with E-state index in [9.17, 15) is 28.1 Å². The van der Waals surface area contributed by atoms with Gasteiger partial charge in [-0.1, -0.05) is 43.2 Å². The molecule has 2 aromatic heterocycles. The van der Waals surface area contributed by atoms with Crippen LogP contribution in [0.1, 0.15) is 86.7 Å². The van der Waals surface area contributed by atoms with Crippen molar-refractivity contribution in [2.45, 2.75) is 76.5 Å². The number of nitrogens with one attached hydrogen (secondary N) is 2. The molecule has 1 saturated heterocycles. The molecule has 4 aliphatic rings. The highest BCUT2D eigenvalue weighted by atomic mass is 35.5. The number of esters is 1. The van der Waals surface area contributed by atoms with E-state index in [4.69, 9.17) is 25.8 Å². The van der Waals surface area contributed by atoms with E-state index in [0.29, 0.717) is 42.4 Å². The average molecular weight is 966 g/mol. The van der Waals surface area contributed by atoms with E-state index >= 15 is 0 Å². The molecule has 15 nitrogen and oxygen atoms in total. The minimum Gasteiger partial charge on any atom is -0.493 e. The Morgan fingerprint density at radius 3 is 2.50 bits per heavy atom. The van der Waals surface area contributed by atoms with Crippen molar-refractivity contribution in [1.82, 2.24) is 19.6 Å². The van der Waals surface area contributed by atoms with Crippen LogP contribution in [0.3, 0.4) is 0 Å². The minimum atomic E-state index is -4.66. The fraction of sp³-hybridized carbons (Fsp3) is 0.431. The van der Waals surface area contributed by atoms with Gasteiger partial charge in [-0.15, -0.1) is 0 Å². The number of ether oxygens (including phenoxy) is 3. The van der Waals surface area contributed by atoms with Crippen molar-refractivity contribution >= 4 is 61.5 Å². The van der Waals surface area contributed by atoms with E-state index in [1.807, 2.05) is 18.2 Å². The predicted molar refractivity (Wildman–Crippen MR) is 260 cm³/mol. The van der Waals surface area contributed by atoms with Gasteiger partial charge in [0.15, 0.2) is 0 Å². The highest BCUT2D eigenvalue weighted by molar-refractivity contribution is 7.90. The van der Waals surface area contributed by atoms with Crippen LogP contribution in [0.15, 0.2) is 89.6 Å². The van der Waals surface area contributed by atoms with Crippen molar-refractivity contribution in [3.63, 3.8) is 0 Å². The second-order valence-electron chi connectivity index (χ2n) is 19.5. The van der Waals surface area contributed by atoms with Gasteiger partial charge in [0.1, 0.15) is 22.9 Å². The lowest BCUT2D eigenvalue weighted by atomic mass is 9.72. The number of benzene rings is 3. The summed E-state index contributed by atoms with van der Waals surface area (Å²) in [6.07, 6.45) is 10.7. The molecule has 1 amide bonds. The van der Waals surface area contributed by atoms with Crippen molar-refractivity contribution in [3.05, 3.63) is 117 Å². The summed E-state index contributed by atoms with van der Waals surface area (Å²) in [5.74, 6) is -0.419. The number of rotatable bonds is 13. The molecule has 1 atom stereocenters. The molecular weight excluding hydrogens is 908 g/mol. The number of hydrogen-bond donors (Lipinski definition) is 2. The number of nitro benzene ring substituents is 1. The summed E-state index contributed by atoms with van der Waals surface area (Å²) in [7, 11) is -3.26. The summed E-state index contributed by atoms with van der Waals surface area (Å²) in [4.78, 5) is 49.7. The third kappa shape index (κ3) is 10.5. The van der Waals surface area contributed by atoms with Crippen LogP contribution in [-0.2, 0) is 26.0 Å². The number of piperazine rings is 1. The first-order valence-electron chi connectivity index (χ1n) is 23.4. The van der Waals surface area contributed by atoms with Crippen LogP contribution >= 0.6 is 11.6 Å². The number of aromatic nitrogens is 2. The summed E-state index contributed by atoms with van der Waals surface area (Å²) in [6, 6.07) is 19.1. The van der Waals surface area contributed by atoms with Crippen molar-refractivity contribution in [1.29, 1.82) is 0 Å². The van der Waals surface area contributed by atoms with Crippen molar-refractivity contribution < 1.29 is 37.1 Å². The van der Waals surface area contributed by atoms with Gasteiger partial charge in [-0.2, -0.15) is 0 Å². The van der Waals surface area contributed by atoms with E-state index in [1.165, 1.54) is 42.1 Å². The Labute approximate surface area is 401 Å². The number of aromatic amines is 1. The number of fused-ring (bicyclic) bond motifs is 2. The average Bonchev–Trinajstić information content (AvgIpc) is 3.80. The van der Waals surface area contributed by atoms with Crippen LogP contribution in [-0.4, -0.2) is 86.5 Å². The quantitative estimate of drug-likeness (QED) is 0.0647. The second-order valence-corrected chi connectivity index (χ2v) is 21.6. The molecule has 0 bridgehead atoms. The molecule has 3 aromatic carbocycles. The first-order valence-corrected chi connectivity index (χ1v) is 25.3. The number of pyridine rings is 1. The first kappa shape index (κ1) is 47.1. The van der Waals surface area contributed by atoms with E-state index in [2.05, 4.69) is 50.5 Å². The molecule has 68 heavy (non-hydrogen) atoms. The SMILES string of the molecule is COC(=O)C1CCC(C[C@@H]2COc3cc(S(=O)(=O)NC(=O)c4ccc(N5CCN(CC6=C(c7ccc(Cl)cc7)CC(C)(C)CC6)CC5)cc4Oc4cnc5[nH]ccc5c4)cc([N+](=O)[O-])c3C2)CC1. The number of sulfonamides is 1. The van der Waals surface area contributed by atoms with Gasteiger partial charge in [0.05, 0.1) is 46.8 Å². The van der Waals surface area contributed by atoms with Gasteiger partial charge in [-0.25, -0.2) is 18.1 Å². The van der Waals surface area contributed by atoms with E-state index in [1.54, 1.807) is 24.4 Å². The van der Waals surface area contributed by atoms with Gasteiger partial charge < -0.3 is 24.1 Å². The Bertz CT molecular complexity index is 2870. The maximum Gasteiger partial charge on any atom is 0.308 e. The molecule has 2 N–H and O–H groups in total. The number of methoxy groups -OCH3 is 1. The molecule has 17 heteroatoms. The van der Waals surface area contributed by atoms with Gasteiger partial charge in [-0.05, 0) is 123 Å². The highest BCUT2D eigenvalue weighted by Crippen LogP contribution is 2.44. The monoisotopic (exact) mass is 964 g/mol. The number of nitrogens with zero attached hydrogens (tertiary/aromatic N) is 4. The van der Waals surface area contributed by atoms with E-state index in [-0.39, 0.29) is 46.9 Å². The lowest BCUT2D eigenvalue weighted by molar-refractivity contribution is -0.386. The third-order valence-corrected chi connectivity index (χ3v) is 15.8. The summed E-state index contributed by atoms with van der Waals surface area (Å²) >= 11 is 6.25. The largest absolute Gasteiger partial charge is 0.493 e. The van der Waals surface area contributed by atoms with Crippen molar-refractivity contribution in [2.24, 2.45) is 23.2 Å². The zero-order valence-corrected chi connectivity index (χ0v) is 40.2. The number of H-pyrrole nitrogens is 1. The van der Waals surface area contributed by atoms with Crippen LogP contribution in [0, 0.1) is 33.3 Å². The third-order valence-electron chi connectivity index (χ3n) is 14.3. The van der Waals surface area contributed by atoms with Crippen LogP contribution < -0.4 is 19.1 Å². The number of hydrogen-bond acceptors (Lipinski definition) is 12. The molecule has 0 radical (unpaired) electrons. The number of nitro groups is 1. The van der Waals surface area contributed by atoms with Gasteiger partial charge in [0, 0.05) is 73.2 Å². The molecule has 0 unspecified atom stereocenters. The van der Waals surface area contributed by atoms with Crippen molar-refractivity contribution in [3.8, 4) is 17.2 Å². The molecule has 4 heterocycles. The Hall–Kier alpha value is -5.97.